The molecule has 1 aliphatic heterocycles. The second-order valence-corrected chi connectivity index (χ2v) is 6.33. The highest BCUT2D eigenvalue weighted by Crippen LogP contribution is 2.17. The first-order valence-electron chi connectivity index (χ1n) is 5.58. The number of hydrogen-bond donors (Lipinski definition) is 1. The van der Waals surface area contributed by atoms with Crippen molar-refractivity contribution in [3.8, 4) is 0 Å². The molecular weight excluding hydrogens is 240 g/mol. The Morgan fingerprint density at radius 2 is 2.00 bits per heavy atom. The zero-order chi connectivity index (χ0) is 12.3. The monoisotopic (exact) mass is 256 g/mol. The molecule has 1 aliphatic rings. The summed E-state index contributed by atoms with van der Waals surface area (Å²) in [6.45, 7) is 1.46. The van der Waals surface area contributed by atoms with Gasteiger partial charge in [-0.05, 0) is 6.42 Å². The molecule has 0 atom stereocenters. The number of aromatic nitrogens is 2. The Labute approximate surface area is 101 Å². The van der Waals surface area contributed by atoms with Crippen LogP contribution in [-0.4, -0.2) is 43.0 Å². The van der Waals surface area contributed by atoms with Crippen LogP contribution >= 0.6 is 0 Å². The highest BCUT2D eigenvalue weighted by molar-refractivity contribution is 7.91. The van der Waals surface area contributed by atoms with Crippen molar-refractivity contribution in [2.45, 2.75) is 13.0 Å². The van der Waals surface area contributed by atoms with E-state index in [1.165, 1.54) is 0 Å². The lowest BCUT2D eigenvalue weighted by Crippen LogP contribution is -2.29. The summed E-state index contributed by atoms with van der Waals surface area (Å²) < 4.78 is 23.0. The predicted molar refractivity (Wildman–Crippen MR) is 65.4 cm³/mol. The summed E-state index contributed by atoms with van der Waals surface area (Å²) in [5.74, 6) is 1.14. The standard InChI is InChI=1S/C10H16N4O2S/c11-8-9-10(13-3-2-12-9)14-4-1-6-17(15,16)7-5-14/h2-3H,1,4-8,11H2. The minimum Gasteiger partial charge on any atom is -0.354 e. The van der Waals surface area contributed by atoms with Crippen LogP contribution in [0.3, 0.4) is 0 Å². The molecule has 1 aromatic rings. The van der Waals surface area contributed by atoms with E-state index in [4.69, 9.17) is 5.73 Å². The van der Waals surface area contributed by atoms with E-state index in [9.17, 15) is 8.42 Å². The van der Waals surface area contributed by atoms with Crippen molar-refractivity contribution in [3.63, 3.8) is 0 Å². The van der Waals surface area contributed by atoms with Gasteiger partial charge in [-0.1, -0.05) is 0 Å². The van der Waals surface area contributed by atoms with Gasteiger partial charge in [0, 0.05) is 32.0 Å². The third-order valence-electron chi connectivity index (χ3n) is 2.80. The average Bonchev–Trinajstić information content (AvgIpc) is 2.50. The summed E-state index contributed by atoms with van der Waals surface area (Å²) in [6.07, 6.45) is 3.83. The molecule has 1 fully saturated rings. The predicted octanol–water partition coefficient (Wildman–Crippen LogP) is -0.440. The van der Waals surface area contributed by atoms with Crippen LogP contribution in [0.15, 0.2) is 12.4 Å². The van der Waals surface area contributed by atoms with Gasteiger partial charge in [-0.3, -0.25) is 4.98 Å². The molecule has 94 valence electrons. The van der Waals surface area contributed by atoms with Gasteiger partial charge in [0.05, 0.1) is 17.2 Å². The summed E-state index contributed by atoms with van der Waals surface area (Å²) in [6, 6.07) is 0. The Bertz CT molecular complexity index is 489. The molecule has 7 heteroatoms. The highest BCUT2D eigenvalue weighted by atomic mass is 32.2. The topological polar surface area (TPSA) is 89.2 Å². The number of sulfone groups is 1. The molecule has 0 bridgehead atoms. The summed E-state index contributed by atoms with van der Waals surface area (Å²) >= 11 is 0. The fourth-order valence-corrected chi connectivity index (χ4v) is 3.19. The lowest BCUT2D eigenvalue weighted by atomic mass is 10.3. The van der Waals surface area contributed by atoms with Crippen LogP contribution in [0.4, 0.5) is 5.82 Å². The molecule has 0 amide bonds. The molecule has 0 aliphatic carbocycles. The van der Waals surface area contributed by atoms with Crippen molar-refractivity contribution in [3.05, 3.63) is 18.1 Å². The Morgan fingerprint density at radius 3 is 2.76 bits per heavy atom. The van der Waals surface area contributed by atoms with E-state index in [0.29, 0.717) is 37.6 Å². The second-order valence-electron chi connectivity index (χ2n) is 4.02. The highest BCUT2D eigenvalue weighted by Gasteiger charge is 2.21. The van der Waals surface area contributed by atoms with Crippen molar-refractivity contribution in [1.82, 2.24) is 9.97 Å². The van der Waals surface area contributed by atoms with E-state index in [1.807, 2.05) is 4.90 Å². The summed E-state index contributed by atoms with van der Waals surface area (Å²) in [5.41, 5.74) is 6.32. The smallest absolute Gasteiger partial charge is 0.152 e. The van der Waals surface area contributed by atoms with Gasteiger partial charge in [-0.2, -0.15) is 0 Å². The fourth-order valence-electron chi connectivity index (χ4n) is 1.92. The van der Waals surface area contributed by atoms with Crippen molar-refractivity contribution in [2.24, 2.45) is 5.73 Å². The molecule has 2 N–H and O–H groups in total. The lowest BCUT2D eigenvalue weighted by molar-refractivity contribution is 0.597. The van der Waals surface area contributed by atoms with Crippen LogP contribution in [0.5, 0.6) is 0 Å². The van der Waals surface area contributed by atoms with Gasteiger partial charge in [0.2, 0.25) is 0 Å². The van der Waals surface area contributed by atoms with Crippen LogP contribution < -0.4 is 10.6 Å². The molecule has 0 radical (unpaired) electrons. The lowest BCUT2D eigenvalue weighted by Gasteiger charge is -2.22. The van der Waals surface area contributed by atoms with Crippen LogP contribution in [0.1, 0.15) is 12.1 Å². The minimum absolute atomic E-state index is 0.174. The van der Waals surface area contributed by atoms with Gasteiger partial charge in [0.1, 0.15) is 0 Å². The van der Waals surface area contributed by atoms with Crippen LogP contribution in [0.2, 0.25) is 0 Å². The first-order valence-corrected chi connectivity index (χ1v) is 7.40. The largest absolute Gasteiger partial charge is 0.354 e. The quantitative estimate of drug-likeness (QED) is 0.771. The summed E-state index contributed by atoms with van der Waals surface area (Å²) in [7, 11) is -2.90. The van der Waals surface area contributed by atoms with Gasteiger partial charge in [0.25, 0.3) is 0 Å². The Hall–Kier alpha value is -1.21. The van der Waals surface area contributed by atoms with E-state index >= 15 is 0 Å². The average molecular weight is 256 g/mol. The minimum atomic E-state index is -2.90. The van der Waals surface area contributed by atoms with E-state index < -0.39 is 9.84 Å². The van der Waals surface area contributed by atoms with Crippen LogP contribution in [0, 0.1) is 0 Å². The summed E-state index contributed by atoms with van der Waals surface area (Å²) in [5, 5.41) is 0. The van der Waals surface area contributed by atoms with Crippen molar-refractivity contribution in [2.75, 3.05) is 29.5 Å². The first-order chi connectivity index (χ1) is 8.12. The second kappa shape index (κ2) is 4.97. The maximum Gasteiger partial charge on any atom is 0.152 e. The van der Waals surface area contributed by atoms with Gasteiger partial charge < -0.3 is 10.6 Å². The third-order valence-corrected chi connectivity index (χ3v) is 4.52. The van der Waals surface area contributed by atoms with Gasteiger partial charge in [-0.15, -0.1) is 0 Å². The molecular formula is C10H16N4O2S. The molecule has 0 unspecified atom stereocenters. The molecule has 17 heavy (non-hydrogen) atoms. The van der Waals surface area contributed by atoms with Crippen molar-refractivity contribution in [1.29, 1.82) is 0 Å². The molecule has 2 heterocycles. The number of anilines is 1. The van der Waals surface area contributed by atoms with Gasteiger partial charge in [0.15, 0.2) is 15.7 Å². The van der Waals surface area contributed by atoms with Crippen LogP contribution in [0.25, 0.3) is 0 Å². The van der Waals surface area contributed by atoms with Crippen molar-refractivity contribution < 1.29 is 8.42 Å². The third kappa shape index (κ3) is 2.92. The van der Waals surface area contributed by atoms with E-state index in [0.717, 1.165) is 0 Å². The Morgan fingerprint density at radius 1 is 1.24 bits per heavy atom. The van der Waals surface area contributed by atoms with E-state index in [1.54, 1.807) is 12.4 Å². The molecule has 6 nitrogen and oxygen atoms in total. The normalized spacial score (nSPS) is 19.9. The van der Waals surface area contributed by atoms with Gasteiger partial charge in [-0.25, -0.2) is 13.4 Å². The Balaban J connectivity index is 2.22. The maximum atomic E-state index is 11.5. The van der Waals surface area contributed by atoms with Crippen molar-refractivity contribution >= 4 is 15.7 Å². The molecule has 1 saturated heterocycles. The molecule has 2 rings (SSSR count). The zero-order valence-corrected chi connectivity index (χ0v) is 10.4. The molecule has 0 saturated carbocycles. The maximum absolute atomic E-state index is 11.5. The number of rotatable bonds is 2. The SMILES string of the molecule is NCc1nccnc1N1CCCS(=O)(=O)CC1. The number of nitrogens with zero attached hydrogens (tertiary/aromatic N) is 3. The molecule has 0 aromatic carbocycles. The van der Waals surface area contributed by atoms with Crippen LogP contribution in [-0.2, 0) is 16.4 Å². The van der Waals surface area contributed by atoms with Gasteiger partial charge >= 0.3 is 0 Å². The van der Waals surface area contributed by atoms with E-state index in [2.05, 4.69) is 9.97 Å². The zero-order valence-electron chi connectivity index (χ0n) is 9.54. The molecule has 1 aromatic heterocycles. The Kier molecular flexibility index (Phi) is 3.58. The first kappa shape index (κ1) is 12.3. The fraction of sp³-hybridized carbons (Fsp3) is 0.600. The van der Waals surface area contributed by atoms with E-state index in [-0.39, 0.29) is 11.5 Å². The summed E-state index contributed by atoms with van der Waals surface area (Å²) in [4.78, 5) is 10.4. The molecule has 0 spiro atoms. The number of nitrogens with two attached hydrogens (primary N) is 1. The number of hydrogen-bond acceptors (Lipinski definition) is 6.